The summed E-state index contributed by atoms with van der Waals surface area (Å²) < 4.78 is 0. The minimum absolute atomic E-state index is 0.0467. The Morgan fingerprint density at radius 2 is 2.19 bits per heavy atom. The molecule has 90 valence electrons. The first kappa shape index (κ1) is 12.7. The molecule has 1 rings (SSSR count). The number of nitrogens with one attached hydrogen (secondary N) is 2. The topological polar surface area (TPSA) is 57.8 Å². The summed E-state index contributed by atoms with van der Waals surface area (Å²) in [4.78, 5) is 18.4. The highest BCUT2D eigenvalue weighted by Gasteiger charge is 2.03. The zero-order valence-electron chi connectivity index (χ0n) is 9.96. The van der Waals surface area contributed by atoms with Gasteiger partial charge in [0.2, 0.25) is 5.91 Å². The Labute approximate surface area is 96.9 Å². The first-order valence-electron chi connectivity index (χ1n) is 6.08. The van der Waals surface area contributed by atoms with E-state index in [4.69, 9.17) is 0 Å². The van der Waals surface area contributed by atoms with Gasteiger partial charge in [-0.15, -0.1) is 0 Å². The van der Waals surface area contributed by atoms with Gasteiger partial charge in [-0.1, -0.05) is 32.6 Å². The lowest BCUT2D eigenvalue weighted by molar-refractivity contribution is -0.120. The summed E-state index contributed by atoms with van der Waals surface area (Å²) in [7, 11) is 0. The van der Waals surface area contributed by atoms with Gasteiger partial charge in [0.05, 0.1) is 6.42 Å². The molecule has 1 aromatic heterocycles. The average molecular weight is 223 g/mol. The highest BCUT2D eigenvalue weighted by atomic mass is 16.1. The predicted octanol–water partition coefficient (Wildman–Crippen LogP) is 2.04. The largest absolute Gasteiger partial charge is 0.356 e. The van der Waals surface area contributed by atoms with E-state index in [0.717, 1.165) is 18.8 Å². The van der Waals surface area contributed by atoms with Gasteiger partial charge in [0.25, 0.3) is 0 Å². The first-order chi connectivity index (χ1) is 7.83. The smallest absolute Gasteiger partial charge is 0.227 e. The monoisotopic (exact) mass is 223 g/mol. The van der Waals surface area contributed by atoms with Crippen molar-refractivity contribution in [3.8, 4) is 0 Å². The van der Waals surface area contributed by atoms with Gasteiger partial charge >= 0.3 is 0 Å². The van der Waals surface area contributed by atoms with Crippen molar-refractivity contribution in [1.82, 2.24) is 15.3 Å². The quantitative estimate of drug-likeness (QED) is 0.663. The summed E-state index contributed by atoms with van der Waals surface area (Å²) in [6.07, 6.45) is 9.83. The van der Waals surface area contributed by atoms with Crippen molar-refractivity contribution in [3.63, 3.8) is 0 Å². The van der Waals surface area contributed by atoms with Crippen LogP contribution in [0.4, 0.5) is 0 Å². The van der Waals surface area contributed by atoms with Crippen molar-refractivity contribution < 1.29 is 4.79 Å². The van der Waals surface area contributed by atoms with E-state index in [0.29, 0.717) is 6.42 Å². The Kier molecular flexibility index (Phi) is 6.30. The number of carbonyl (C=O) groups is 1. The molecule has 0 fully saturated rings. The van der Waals surface area contributed by atoms with Gasteiger partial charge in [-0.05, 0) is 6.42 Å². The van der Waals surface area contributed by atoms with Crippen molar-refractivity contribution in [2.24, 2.45) is 0 Å². The zero-order valence-corrected chi connectivity index (χ0v) is 9.96. The number of hydrogen-bond acceptors (Lipinski definition) is 2. The Morgan fingerprint density at radius 1 is 1.38 bits per heavy atom. The number of unbranched alkanes of at least 4 members (excludes halogenated alkanes) is 4. The minimum Gasteiger partial charge on any atom is -0.356 e. The third kappa shape index (κ3) is 5.53. The number of amides is 1. The van der Waals surface area contributed by atoms with Crippen LogP contribution >= 0.6 is 0 Å². The number of rotatable bonds is 8. The molecule has 0 spiro atoms. The summed E-state index contributed by atoms with van der Waals surface area (Å²) in [5, 5.41) is 2.90. The molecule has 0 unspecified atom stereocenters. The molecule has 1 heterocycles. The number of H-pyrrole nitrogens is 1. The second kappa shape index (κ2) is 7.91. The molecule has 4 nitrogen and oxygen atoms in total. The predicted molar refractivity (Wildman–Crippen MR) is 64.1 cm³/mol. The summed E-state index contributed by atoms with van der Waals surface area (Å²) in [6.45, 7) is 2.98. The number of imidazole rings is 1. The van der Waals surface area contributed by atoms with Crippen LogP contribution in [0.2, 0.25) is 0 Å². The first-order valence-corrected chi connectivity index (χ1v) is 6.08. The van der Waals surface area contributed by atoms with Crippen molar-refractivity contribution >= 4 is 5.91 Å². The molecule has 0 aliphatic carbocycles. The van der Waals surface area contributed by atoms with Crippen LogP contribution in [0.15, 0.2) is 12.4 Å². The molecule has 1 amide bonds. The molecule has 0 radical (unpaired) electrons. The molecule has 0 atom stereocenters. The molecule has 0 saturated heterocycles. The van der Waals surface area contributed by atoms with Crippen LogP contribution in [0.25, 0.3) is 0 Å². The van der Waals surface area contributed by atoms with Crippen molar-refractivity contribution in [3.05, 3.63) is 18.2 Å². The number of aromatic nitrogens is 2. The van der Waals surface area contributed by atoms with E-state index in [2.05, 4.69) is 22.2 Å². The highest BCUT2D eigenvalue weighted by molar-refractivity contribution is 5.77. The summed E-state index contributed by atoms with van der Waals surface area (Å²) in [5.74, 6) is 0.772. The van der Waals surface area contributed by atoms with E-state index >= 15 is 0 Å². The number of carbonyl (C=O) groups excluding carboxylic acids is 1. The minimum atomic E-state index is 0.0467. The van der Waals surface area contributed by atoms with Crippen molar-refractivity contribution in [1.29, 1.82) is 0 Å². The number of hydrogen-bond donors (Lipinski definition) is 2. The molecular weight excluding hydrogens is 202 g/mol. The molecule has 1 aromatic rings. The normalized spacial score (nSPS) is 10.3. The summed E-state index contributed by atoms with van der Waals surface area (Å²) in [6, 6.07) is 0. The van der Waals surface area contributed by atoms with Gasteiger partial charge in [-0.2, -0.15) is 0 Å². The Balaban J connectivity index is 1.98. The maximum atomic E-state index is 11.4. The fourth-order valence-electron chi connectivity index (χ4n) is 1.57. The SMILES string of the molecule is CCCCCCCNC(=O)Cc1ncc[nH]1. The van der Waals surface area contributed by atoms with E-state index in [-0.39, 0.29) is 5.91 Å². The van der Waals surface area contributed by atoms with Crippen LogP contribution in [-0.4, -0.2) is 22.4 Å². The second-order valence-corrected chi connectivity index (χ2v) is 3.98. The molecule has 0 bridgehead atoms. The van der Waals surface area contributed by atoms with Gasteiger partial charge in [-0.3, -0.25) is 4.79 Å². The van der Waals surface area contributed by atoms with Crippen molar-refractivity contribution in [2.75, 3.05) is 6.54 Å². The van der Waals surface area contributed by atoms with Gasteiger partial charge in [0.1, 0.15) is 5.82 Å². The molecule has 0 saturated carbocycles. The van der Waals surface area contributed by atoms with E-state index in [1.54, 1.807) is 12.4 Å². The van der Waals surface area contributed by atoms with E-state index in [9.17, 15) is 4.79 Å². The van der Waals surface area contributed by atoms with E-state index in [1.165, 1.54) is 25.7 Å². The Hall–Kier alpha value is -1.32. The van der Waals surface area contributed by atoms with Gasteiger partial charge in [-0.25, -0.2) is 4.98 Å². The fraction of sp³-hybridized carbons (Fsp3) is 0.667. The molecule has 4 heteroatoms. The maximum Gasteiger partial charge on any atom is 0.227 e. The lowest BCUT2D eigenvalue weighted by Gasteiger charge is -2.03. The number of nitrogens with zero attached hydrogens (tertiary/aromatic N) is 1. The van der Waals surface area contributed by atoms with E-state index < -0.39 is 0 Å². The summed E-state index contributed by atoms with van der Waals surface area (Å²) >= 11 is 0. The Bertz CT molecular complexity index is 282. The van der Waals surface area contributed by atoms with Crippen LogP contribution in [0.1, 0.15) is 44.9 Å². The molecule has 0 aliphatic rings. The lowest BCUT2D eigenvalue weighted by atomic mass is 10.1. The van der Waals surface area contributed by atoms with E-state index in [1.807, 2.05) is 0 Å². The molecule has 0 aliphatic heterocycles. The van der Waals surface area contributed by atoms with Crippen molar-refractivity contribution in [2.45, 2.75) is 45.4 Å². The van der Waals surface area contributed by atoms with Gasteiger partial charge < -0.3 is 10.3 Å². The number of aromatic amines is 1. The molecular formula is C12H21N3O. The van der Waals surface area contributed by atoms with Crippen LogP contribution in [0.3, 0.4) is 0 Å². The standard InChI is InChI=1S/C12H21N3O/c1-2-3-4-5-6-7-15-12(16)10-11-13-8-9-14-11/h8-9H,2-7,10H2,1H3,(H,13,14)(H,15,16). The van der Waals surface area contributed by atoms with Crippen LogP contribution in [-0.2, 0) is 11.2 Å². The Morgan fingerprint density at radius 3 is 2.88 bits per heavy atom. The molecule has 16 heavy (non-hydrogen) atoms. The van der Waals surface area contributed by atoms with Crippen LogP contribution < -0.4 is 5.32 Å². The average Bonchev–Trinajstić information content (AvgIpc) is 2.76. The van der Waals surface area contributed by atoms with Crippen LogP contribution in [0.5, 0.6) is 0 Å². The maximum absolute atomic E-state index is 11.4. The highest BCUT2D eigenvalue weighted by Crippen LogP contribution is 2.01. The summed E-state index contributed by atoms with van der Waals surface area (Å²) in [5.41, 5.74) is 0. The lowest BCUT2D eigenvalue weighted by Crippen LogP contribution is -2.26. The van der Waals surface area contributed by atoms with Gasteiger partial charge in [0, 0.05) is 18.9 Å². The fourth-order valence-corrected chi connectivity index (χ4v) is 1.57. The van der Waals surface area contributed by atoms with Gasteiger partial charge in [0.15, 0.2) is 0 Å². The second-order valence-electron chi connectivity index (χ2n) is 3.98. The zero-order chi connectivity index (χ0) is 11.6. The molecule has 0 aromatic carbocycles. The third-order valence-electron chi connectivity index (χ3n) is 2.49. The molecule has 2 N–H and O–H groups in total. The van der Waals surface area contributed by atoms with Crippen LogP contribution in [0, 0.1) is 0 Å². The third-order valence-corrected chi connectivity index (χ3v) is 2.49.